The number of hydrogen-bond acceptors (Lipinski definition) is 2. The number of benzene rings is 1. The summed E-state index contributed by atoms with van der Waals surface area (Å²) in [5.74, 6) is -0.247. The molecule has 0 atom stereocenters. The lowest BCUT2D eigenvalue weighted by molar-refractivity contribution is -0.137. The van der Waals surface area contributed by atoms with E-state index in [9.17, 15) is 18.0 Å². The number of alkyl halides is 3. The van der Waals surface area contributed by atoms with Gasteiger partial charge in [0, 0.05) is 19.5 Å². The molecule has 3 nitrogen and oxygen atoms in total. The fourth-order valence-electron chi connectivity index (χ4n) is 2.84. The molecule has 1 aliphatic heterocycles. The first-order valence-electron chi connectivity index (χ1n) is 8.18. The van der Waals surface area contributed by atoms with Crippen LogP contribution >= 0.6 is 0 Å². The van der Waals surface area contributed by atoms with Gasteiger partial charge in [0.15, 0.2) is 0 Å². The Labute approximate surface area is 134 Å². The van der Waals surface area contributed by atoms with Crippen molar-refractivity contribution in [3.63, 3.8) is 0 Å². The standard InChI is InChI=1S/C17H23F3N2O/c1-2-7-16(23)21-14-12-13(17(18,19)20)8-9-15(14)22-10-5-3-4-6-11-22/h8-9,12H,2-7,10-11H2,1H3,(H,21,23). The van der Waals surface area contributed by atoms with Crippen LogP contribution in [0.5, 0.6) is 0 Å². The van der Waals surface area contributed by atoms with Crippen LogP contribution in [0.2, 0.25) is 0 Å². The molecule has 1 heterocycles. The topological polar surface area (TPSA) is 32.3 Å². The van der Waals surface area contributed by atoms with Crippen molar-refractivity contribution in [1.29, 1.82) is 0 Å². The second-order valence-corrected chi connectivity index (χ2v) is 5.93. The van der Waals surface area contributed by atoms with Crippen LogP contribution in [0.15, 0.2) is 18.2 Å². The zero-order chi connectivity index (χ0) is 16.9. The van der Waals surface area contributed by atoms with Crippen molar-refractivity contribution < 1.29 is 18.0 Å². The van der Waals surface area contributed by atoms with Crippen LogP contribution in [0.1, 0.15) is 51.0 Å². The molecule has 23 heavy (non-hydrogen) atoms. The number of carbonyl (C=O) groups is 1. The fourth-order valence-corrected chi connectivity index (χ4v) is 2.84. The van der Waals surface area contributed by atoms with Crippen LogP contribution < -0.4 is 10.2 Å². The summed E-state index contributed by atoms with van der Waals surface area (Å²) in [5, 5.41) is 2.66. The van der Waals surface area contributed by atoms with E-state index < -0.39 is 11.7 Å². The average Bonchev–Trinajstić information content (AvgIpc) is 2.75. The van der Waals surface area contributed by atoms with Crippen molar-refractivity contribution in [2.24, 2.45) is 0 Å². The highest BCUT2D eigenvalue weighted by molar-refractivity contribution is 5.94. The Bertz CT molecular complexity index is 535. The number of anilines is 2. The number of nitrogens with one attached hydrogen (secondary N) is 1. The summed E-state index contributed by atoms with van der Waals surface area (Å²) in [6.07, 6.45) is 0.844. The third-order valence-corrected chi connectivity index (χ3v) is 4.02. The largest absolute Gasteiger partial charge is 0.416 e. The van der Waals surface area contributed by atoms with Crippen molar-refractivity contribution in [3.8, 4) is 0 Å². The minimum Gasteiger partial charge on any atom is -0.370 e. The Morgan fingerprint density at radius 3 is 2.39 bits per heavy atom. The number of carbonyl (C=O) groups excluding carboxylic acids is 1. The van der Waals surface area contributed by atoms with Gasteiger partial charge >= 0.3 is 6.18 Å². The van der Waals surface area contributed by atoms with Crippen LogP contribution in [0.25, 0.3) is 0 Å². The Balaban J connectivity index is 2.33. The van der Waals surface area contributed by atoms with Crippen LogP contribution in [-0.4, -0.2) is 19.0 Å². The zero-order valence-corrected chi connectivity index (χ0v) is 13.4. The summed E-state index contributed by atoms with van der Waals surface area (Å²) in [7, 11) is 0. The molecule has 1 aromatic carbocycles. The molecule has 0 radical (unpaired) electrons. The minimum absolute atomic E-state index is 0.247. The van der Waals surface area contributed by atoms with Crippen LogP contribution in [-0.2, 0) is 11.0 Å². The van der Waals surface area contributed by atoms with Crippen LogP contribution in [0.4, 0.5) is 24.5 Å². The van der Waals surface area contributed by atoms with Gasteiger partial charge in [-0.2, -0.15) is 13.2 Å². The quantitative estimate of drug-likeness (QED) is 0.859. The van der Waals surface area contributed by atoms with Gasteiger partial charge in [0.25, 0.3) is 0 Å². The first-order valence-corrected chi connectivity index (χ1v) is 8.18. The molecule has 0 unspecified atom stereocenters. The molecule has 128 valence electrons. The van der Waals surface area contributed by atoms with Gasteiger partial charge in [-0.1, -0.05) is 19.8 Å². The molecule has 2 rings (SSSR count). The predicted molar refractivity (Wildman–Crippen MR) is 85.7 cm³/mol. The van der Waals surface area contributed by atoms with Crippen molar-refractivity contribution >= 4 is 17.3 Å². The van der Waals surface area contributed by atoms with Crippen molar-refractivity contribution in [2.45, 2.75) is 51.6 Å². The molecule has 1 fully saturated rings. The number of hydrogen-bond donors (Lipinski definition) is 1. The molecular formula is C17H23F3N2O. The minimum atomic E-state index is -4.42. The van der Waals surface area contributed by atoms with E-state index in [-0.39, 0.29) is 11.6 Å². The molecule has 1 amide bonds. The molecular weight excluding hydrogens is 305 g/mol. The summed E-state index contributed by atoms with van der Waals surface area (Å²) in [5.41, 5.74) is 0.215. The van der Waals surface area contributed by atoms with Gasteiger partial charge < -0.3 is 10.2 Å². The average molecular weight is 328 g/mol. The Kier molecular flexibility index (Phi) is 5.91. The van der Waals surface area contributed by atoms with E-state index in [2.05, 4.69) is 10.2 Å². The zero-order valence-electron chi connectivity index (χ0n) is 13.4. The summed E-state index contributed by atoms with van der Waals surface area (Å²) in [6, 6.07) is 3.62. The van der Waals surface area contributed by atoms with Gasteiger partial charge in [0.1, 0.15) is 0 Å². The van der Waals surface area contributed by atoms with E-state index in [1.165, 1.54) is 6.07 Å². The molecule has 0 bridgehead atoms. The molecule has 0 aliphatic carbocycles. The molecule has 1 N–H and O–H groups in total. The fraction of sp³-hybridized carbons (Fsp3) is 0.588. The molecule has 1 aliphatic rings. The van der Waals surface area contributed by atoms with Gasteiger partial charge in [0.2, 0.25) is 5.91 Å². The number of amides is 1. The third-order valence-electron chi connectivity index (χ3n) is 4.02. The predicted octanol–water partition coefficient (Wildman–Crippen LogP) is 4.82. The molecule has 1 saturated heterocycles. The lowest BCUT2D eigenvalue weighted by Gasteiger charge is -2.26. The monoisotopic (exact) mass is 328 g/mol. The highest BCUT2D eigenvalue weighted by Crippen LogP contribution is 2.36. The van der Waals surface area contributed by atoms with E-state index >= 15 is 0 Å². The maximum Gasteiger partial charge on any atom is 0.416 e. The maximum atomic E-state index is 13.0. The molecule has 1 aromatic rings. The van der Waals surface area contributed by atoms with Gasteiger partial charge in [-0.25, -0.2) is 0 Å². The molecule has 0 spiro atoms. The van der Waals surface area contributed by atoms with Gasteiger partial charge in [-0.05, 0) is 37.5 Å². The number of rotatable bonds is 4. The summed E-state index contributed by atoms with van der Waals surface area (Å²) in [4.78, 5) is 13.9. The summed E-state index contributed by atoms with van der Waals surface area (Å²) < 4.78 is 38.9. The van der Waals surface area contributed by atoms with E-state index in [1.807, 2.05) is 6.92 Å². The molecule has 0 aromatic heterocycles. The van der Waals surface area contributed by atoms with Crippen molar-refractivity contribution in [2.75, 3.05) is 23.3 Å². The first kappa shape index (κ1) is 17.6. The maximum absolute atomic E-state index is 13.0. The van der Waals surface area contributed by atoms with Crippen LogP contribution in [0.3, 0.4) is 0 Å². The number of nitrogens with zero attached hydrogens (tertiary/aromatic N) is 1. The normalized spacial score (nSPS) is 16.1. The Hall–Kier alpha value is -1.72. The summed E-state index contributed by atoms with van der Waals surface area (Å²) in [6.45, 7) is 3.48. The van der Waals surface area contributed by atoms with E-state index in [0.717, 1.165) is 50.9 Å². The highest BCUT2D eigenvalue weighted by Gasteiger charge is 2.31. The molecule has 0 saturated carbocycles. The van der Waals surface area contributed by atoms with E-state index in [0.29, 0.717) is 18.5 Å². The Morgan fingerprint density at radius 1 is 1.17 bits per heavy atom. The van der Waals surface area contributed by atoms with Crippen LogP contribution in [0, 0.1) is 0 Å². The Morgan fingerprint density at radius 2 is 1.83 bits per heavy atom. The van der Waals surface area contributed by atoms with E-state index in [1.54, 1.807) is 0 Å². The van der Waals surface area contributed by atoms with Crippen molar-refractivity contribution in [3.05, 3.63) is 23.8 Å². The van der Waals surface area contributed by atoms with Crippen molar-refractivity contribution in [1.82, 2.24) is 0 Å². The van der Waals surface area contributed by atoms with Gasteiger partial charge in [-0.15, -0.1) is 0 Å². The lowest BCUT2D eigenvalue weighted by Crippen LogP contribution is -2.26. The van der Waals surface area contributed by atoms with Gasteiger partial charge in [0.05, 0.1) is 16.9 Å². The molecule has 6 heteroatoms. The SMILES string of the molecule is CCCC(=O)Nc1cc(C(F)(F)F)ccc1N1CCCCCC1. The van der Waals surface area contributed by atoms with Gasteiger partial charge in [-0.3, -0.25) is 4.79 Å². The second kappa shape index (κ2) is 7.70. The summed E-state index contributed by atoms with van der Waals surface area (Å²) >= 11 is 0. The van der Waals surface area contributed by atoms with E-state index in [4.69, 9.17) is 0 Å². The number of halogens is 3. The highest BCUT2D eigenvalue weighted by atomic mass is 19.4. The smallest absolute Gasteiger partial charge is 0.370 e. The third kappa shape index (κ3) is 4.88. The lowest BCUT2D eigenvalue weighted by atomic mass is 10.1. The second-order valence-electron chi connectivity index (χ2n) is 5.93. The first-order chi connectivity index (χ1) is 10.9.